The van der Waals surface area contributed by atoms with E-state index in [0.29, 0.717) is 0 Å². The van der Waals surface area contributed by atoms with E-state index in [2.05, 4.69) is 25.1 Å². The molecule has 0 aliphatic carbocycles. The molecule has 0 bridgehead atoms. The van der Waals surface area contributed by atoms with E-state index in [1.807, 2.05) is 21.0 Å². The van der Waals surface area contributed by atoms with Crippen LogP contribution in [-0.4, -0.2) is 64.2 Å². The van der Waals surface area contributed by atoms with Crippen molar-refractivity contribution >= 4 is 5.91 Å². The number of nitrogens with one attached hydrogen (secondary N) is 2. The van der Waals surface area contributed by atoms with Crippen LogP contribution in [0.4, 0.5) is 0 Å². The third-order valence-corrected chi connectivity index (χ3v) is 4.90. The maximum Gasteiger partial charge on any atom is 0.280 e. The van der Waals surface area contributed by atoms with Crippen molar-refractivity contribution in [1.82, 2.24) is 4.90 Å². The molecule has 1 aliphatic heterocycles. The van der Waals surface area contributed by atoms with Crippen LogP contribution in [0.25, 0.3) is 0 Å². The molecular weight excluding hydrogens is 290 g/mol. The largest absolute Gasteiger partial charge is 0.496 e. The molecule has 0 spiro atoms. The van der Waals surface area contributed by atoms with E-state index in [-0.39, 0.29) is 11.9 Å². The molecule has 1 amide bonds. The molecule has 0 saturated carbocycles. The SMILES string of the molecule is COc1ccc(C)cc1C[NH+]1CC[NH+]([C@H](C)C(=O)N(C)C)CC1. The van der Waals surface area contributed by atoms with Gasteiger partial charge in [0.05, 0.1) is 7.11 Å². The summed E-state index contributed by atoms with van der Waals surface area (Å²) in [6, 6.07) is 6.43. The van der Waals surface area contributed by atoms with Crippen LogP contribution in [0.2, 0.25) is 0 Å². The molecule has 5 heteroatoms. The summed E-state index contributed by atoms with van der Waals surface area (Å²) in [5, 5.41) is 0. The predicted octanol–water partition coefficient (Wildman–Crippen LogP) is -1.24. The van der Waals surface area contributed by atoms with E-state index in [1.165, 1.54) is 16.0 Å². The Morgan fingerprint density at radius 3 is 2.48 bits per heavy atom. The Labute approximate surface area is 139 Å². The second-order valence-electron chi connectivity index (χ2n) is 6.85. The Morgan fingerprint density at radius 2 is 1.91 bits per heavy atom. The van der Waals surface area contributed by atoms with E-state index in [9.17, 15) is 4.79 Å². The number of amides is 1. The Kier molecular flexibility index (Phi) is 6.02. The molecule has 1 aromatic rings. The van der Waals surface area contributed by atoms with Crippen LogP contribution in [0.5, 0.6) is 5.75 Å². The van der Waals surface area contributed by atoms with Crippen molar-refractivity contribution < 1.29 is 19.3 Å². The highest BCUT2D eigenvalue weighted by Gasteiger charge is 2.32. The average Bonchev–Trinajstić information content (AvgIpc) is 2.54. The van der Waals surface area contributed by atoms with Crippen LogP contribution in [0, 0.1) is 6.92 Å². The lowest BCUT2D eigenvalue weighted by atomic mass is 10.1. The molecule has 2 N–H and O–H groups in total. The van der Waals surface area contributed by atoms with E-state index < -0.39 is 0 Å². The first-order valence-electron chi connectivity index (χ1n) is 8.45. The lowest BCUT2D eigenvalue weighted by Crippen LogP contribution is -3.29. The van der Waals surface area contributed by atoms with Gasteiger partial charge in [-0.25, -0.2) is 0 Å². The monoisotopic (exact) mass is 321 g/mol. The Hall–Kier alpha value is -1.59. The van der Waals surface area contributed by atoms with E-state index in [1.54, 1.807) is 16.9 Å². The Balaban J connectivity index is 1.92. The van der Waals surface area contributed by atoms with Gasteiger partial charge in [-0.1, -0.05) is 11.6 Å². The number of methoxy groups -OCH3 is 1. The summed E-state index contributed by atoms with van der Waals surface area (Å²) in [5.74, 6) is 1.21. The van der Waals surface area contributed by atoms with Crippen molar-refractivity contribution in [3.05, 3.63) is 29.3 Å². The number of nitrogens with zero attached hydrogens (tertiary/aromatic N) is 1. The molecule has 23 heavy (non-hydrogen) atoms. The highest BCUT2D eigenvalue weighted by molar-refractivity contribution is 5.79. The number of hydrogen-bond donors (Lipinski definition) is 2. The molecule has 1 aliphatic rings. The fourth-order valence-electron chi connectivity index (χ4n) is 3.41. The van der Waals surface area contributed by atoms with Gasteiger partial charge in [0.2, 0.25) is 0 Å². The molecule has 2 rings (SSSR count). The number of piperazine rings is 1. The van der Waals surface area contributed by atoms with Crippen molar-refractivity contribution in [2.45, 2.75) is 26.4 Å². The quantitative estimate of drug-likeness (QED) is 0.712. The van der Waals surface area contributed by atoms with Crippen molar-refractivity contribution in [3.63, 3.8) is 0 Å². The van der Waals surface area contributed by atoms with Crippen molar-refractivity contribution in [3.8, 4) is 5.75 Å². The summed E-state index contributed by atoms with van der Waals surface area (Å²) in [7, 11) is 5.41. The van der Waals surface area contributed by atoms with Gasteiger partial charge < -0.3 is 19.4 Å². The molecular formula is C18H31N3O2+2. The lowest BCUT2D eigenvalue weighted by molar-refractivity contribution is -1.02. The van der Waals surface area contributed by atoms with E-state index in [0.717, 1.165) is 38.5 Å². The van der Waals surface area contributed by atoms with Gasteiger partial charge in [0.25, 0.3) is 5.91 Å². The number of likely N-dealkylation sites (N-methyl/N-ethyl adjacent to an activating group) is 1. The molecule has 5 nitrogen and oxygen atoms in total. The third kappa shape index (κ3) is 4.45. The fourth-order valence-corrected chi connectivity index (χ4v) is 3.41. The number of benzene rings is 1. The Bertz CT molecular complexity index is 537. The van der Waals surface area contributed by atoms with Gasteiger partial charge in [-0.15, -0.1) is 0 Å². The number of carbonyl (C=O) groups is 1. The van der Waals surface area contributed by atoms with Gasteiger partial charge in [-0.3, -0.25) is 4.79 Å². The summed E-state index contributed by atoms with van der Waals surface area (Å²) in [6.07, 6.45) is 0. The number of carbonyl (C=O) groups excluding carboxylic acids is 1. The summed E-state index contributed by atoms with van der Waals surface area (Å²) in [5.41, 5.74) is 2.55. The zero-order valence-electron chi connectivity index (χ0n) is 15.1. The second kappa shape index (κ2) is 7.79. The number of aryl methyl sites for hydroxylation is 1. The van der Waals surface area contributed by atoms with Gasteiger partial charge in [0.1, 0.15) is 38.5 Å². The minimum Gasteiger partial charge on any atom is -0.496 e. The molecule has 1 heterocycles. The highest BCUT2D eigenvalue weighted by atomic mass is 16.5. The highest BCUT2D eigenvalue weighted by Crippen LogP contribution is 2.18. The van der Waals surface area contributed by atoms with Gasteiger partial charge in [0, 0.05) is 19.7 Å². The number of hydrogen-bond acceptors (Lipinski definition) is 2. The summed E-state index contributed by atoms with van der Waals surface area (Å²) in [4.78, 5) is 16.8. The minimum atomic E-state index is 0.0556. The molecule has 1 atom stereocenters. The van der Waals surface area contributed by atoms with E-state index in [4.69, 9.17) is 4.74 Å². The van der Waals surface area contributed by atoms with Gasteiger partial charge in [-0.05, 0) is 26.0 Å². The number of rotatable bonds is 5. The van der Waals surface area contributed by atoms with Gasteiger partial charge in [-0.2, -0.15) is 0 Å². The summed E-state index contributed by atoms with van der Waals surface area (Å²) < 4.78 is 5.49. The zero-order chi connectivity index (χ0) is 17.0. The summed E-state index contributed by atoms with van der Waals surface area (Å²) in [6.45, 7) is 9.44. The maximum absolute atomic E-state index is 12.1. The van der Waals surface area contributed by atoms with Gasteiger partial charge >= 0.3 is 0 Å². The molecule has 1 aromatic carbocycles. The van der Waals surface area contributed by atoms with Crippen LogP contribution in [-0.2, 0) is 11.3 Å². The zero-order valence-corrected chi connectivity index (χ0v) is 15.1. The molecule has 128 valence electrons. The standard InChI is InChI=1S/C18H29N3O2/c1-14-6-7-17(23-5)16(12-14)13-20-8-10-21(11-9-20)15(2)18(22)19(3)4/h6-7,12,15H,8-11,13H2,1-5H3/p+2/t15-/m1/s1. The molecule has 0 aromatic heterocycles. The molecule has 1 fully saturated rings. The van der Waals surface area contributed by atoms with Crippen molar-refractivity contribution in [2.24, 2.45) is 0 Å². The van der Waals surface area contributed by atoms with Crippen molar-refractivity contribution in [2.75, 3.05) is 47.4 Å². The van der Waals surface area contributed by atoms with E-state index >= 15 is 0 Å². The molecule has 0 radical (unpaired) electrons. The third-order valence-electron chi connectivity index (χ3n) is 4.90. The normalized spacial score (nSPS) is 22.5. The smallest absolute Gasteiger partial charge is 0.280 e. The first-order valence-corrected chi connectivity index (χ1v) is 8.45. The fraction of sp³-hybridized carbons (Fsp3) is 0.611. The second-order valence-corrected chi connectivity index (χ2v) is 6.85. The number of quaternary nitrogens is 2. The molecule has 1 saturated heterocycles. The predicted molar refractivity (Wildman–Crippen MR) is 91.0 cm³/mol. The van der Waals surface area contributed by atoms with Crippen molar-refractivity contribution in [1.29, 1.82) is 0 Å². The van der Waals surface area contributed by atoms with Crippen LogP contribution in [0.1, 0.15) is 18.1 Å². The Morgan fingerprint density at radius 1 is 1.26 bits per heavy atom. The van der Waals surface area contributed by atoms with Crippen LogP contribution >= 0.6 is 0 Å². The van der Waals surface area contributed by atoms with Crippen LogP contribution in [0.15, 0.2) is 18.2 Å². The maximum atomic E-state index is 12.1. The van der Waals surface area contributed by atoms with Crippen LogP contribution < -0.4 is 14.5 Å². The molecule has 0 unspecified atom stereocenters. The lowest BCUT2D eigenvalue weighted by Gasteiger charge is -2.33. The number of ether oxygens (including phenoxy) is 1. The average molecular weight is 321 g/mol. The van der Waals surface area contributed by atoms with Gasteiger partial charge in [0.15, 0.2) is 6.04 Å². The summed E-state index contributed by atoms with van der Waals surface area (Å²) >= 11 is 0. The topological polar surface area (TPSA) is 38.4 Å². The first kappa shape index (κ1) is 17.8. The minimum absolute atomic E-state index is 0.0556. The first-order chi connectivity index (χ1) is 10.9. The van der Waals surface area contributed by atoms with Crippen LogP contribution in [0.3, 0.4) is 0 Å².